The number of carbonyl (C=O) groups is 4. The molecule has 11 nitrogen and oxygen atoms in total. The Balaban J connectivity index is 1.45. The predicted molar refractivity (Wildman–Crippen MR) is 147 cm³/mol. The molecule has 2 fully saturated rings. The lowest BCUT2D eigenvalue weighted by atomic mass is 9.86. The molecule has 0 unspecified atom stereocenters. The van der Waals surface area contributed by atoms with Gasteiger partial charge in [0.2, 0.25) is 11.3 Å². The number of rotatable bonds is 6. The summed E-state index contributed by atoms with van der Waals surface area (Å²) in [6, 6.07) is 2.00. The molecule has 1 aliphatic carbocycles. The summed E-state index contributed by atoms with van der Waals surface area (Å²) in [7, 11) is 0. The Hall–Kier alpha value is -3.96. The maximum absolute atomic E-state index is 15.2. The number of esters is 1. The average molecular weight is 558 g/mol. The van der Waals surface area contributed by atoms with Crippen molar-refractivity contribution in [2.45, 2.75) is 59.0 Å². The summed E-state index contributed by atoms with van der Waals surface area (Å²) >= 11 is 0. The molecule has 0 spiro atoms. The summed E-state index contributed by atoms with van der Waals surface area (Å²) in [5, 5.41) is 4.94. The third-order valence-corrected chi connectivity index (χ3v) is 7.79. The van der Waals surface area contributed by atoms with Gasteiger partial charge in [-0.25, -0.2) is 14.0 Å². The molecule has 0 bridgehead atoms. The Morgan fingerprint density at radius 2 is 1.77 bits per heavy atom. The van der Waals surface area contributed by atoms with E-state index in [1.54, 1.807) is 15.5 Å². The lowest BCUT2D eigenvalue weighted by Gasteiger charge is -2.36. The van der Waals surface area contributed by atoms with Crippen molar-refractivity contribution >= 4 is 40.4 Å². The number of halogens is 1. The van der Waals surface area contributed by atoms with Gasteiger partial charge in [-0.1, -0.05) is 19.8 Å². The van der Waals surface area contributed by atoms with E-state index in [0.717, 1.165) is 31.7 Å². The number of amides is 4. The number of piperazine rings is 1. The molecule has 0 radical (unpaired) electrons. The van der Waals surface area contributed by atoms with E-state index in [0.29, 0.717) is 49.8 Å². The summed E-state index contributed by atoms with van der Waals surface area (Å²) in [4.78, 5) is 65.5. The normalized spacial score (nSPS) is 19.3. The van der Waals surface area contributed by atoms with Crippen molar-refractivity contribution in [1.29, 1.82) is 0 Å². The van der Waals surface area contributed by atoms with Crippen LogP contribution in [0.1, 0.15) is 56.8 Å². The molecule has 1 aromatic heterocycles. The van der Waals surface area contributed by atoms with Crippen LogP contribution in [0.2, 0.25) is 0 Å². The Morgan fingerprint density at radius 3 is 2.42 bits per heavy atom. The molecule has 12 heteroatoms. The minimum absolute atomic E-state index is 0.00496. The molecule has 2 atom stereocenters. The van der Waals surface area contributed by atoms with E-state index in [1.165, 1.54) is 13.1 Å². The largest absolute Gasteiger partial charge is 0.452 e. The number of anilines is 1. The predicted octanol–water partition coefficient (Wildman–Crippen LogP) is 2.39. The standard InChI is InChI=1S/C28H36FN5O6/c1-4-32-15-20(27(38)40-16-25(36)31-28(39)30-22-8-6-5-7-17(22)2)26(37)19-13-21(29)24(14-23(19)32)34-11-9-33(10-12-34)18(3)35/h13-15,17,22H,4-12,16H2,1-3H3,(H2,30,31,36,39)/t17-,22-/m0/s1. The molecular weight excluding hydrogens is 521 g/mol. The van der Waals surface area contributed by atoms with E-state index >= 15 is 4.39 Å². The van der Waals surface area contributed by atoms with Gasteiger partial charge < -0.3 is 24.4 Å². The lowest BCUT2D eigenvalue weighted by molar-refractivity contribution is -0.129. The molecule has 1 aromatic carbocycles. The molecule has 2 N–H and O–H groups in total. The van der Waals surface area contributed by atoms with Crippen LogP contribution in [0.15, 0.2) is 23.1 Å². The highest BCUT2D eigenvalue weighted by molar-refractivity contribution is 5.98. The van der Waals surface area contributed by atoms with Gasteiger partial charge in [0.15, 0.2) is 6.61 Å². The van der Waals surface area contributed by atoms with E-state index in [9.17, 15) is 24.0 Å². The molecule has 1 saturated heterocycles. The smallest absolute Gasteiger partial charge is 0.344 e. The highest BCUT2D eigenvalue weighted by Gasteiger charge is 2.25. The van der Waals surface area contributed by atoms with Gasteiger partial charge in [-0.2, -0.15) is 0 Å². The van der Waals surface area contributed by atoms with Crippen LogP contribution < -0.4 is 21.0 Å². The van der Waals surface area contributed by atoms with E-state index in [4.69, 9.17) is 4.74 Å². The fourth-order valence-corrected chi connectivity index (χ4v) is 5.42. The number of hydrogen-bond donors (Lipinski definition) is 2. The van der Waals surface area contributed by atoms with E-state index in [1.807, 2.05) is 18.7 Å². The third-order valence-electron chi connectivity index (χ3n) is 7.79. The van der Waals surface area contributed by atoms with Gasteiger partial charge in [0.05, 0.1) is 11.2 Å². The summed E-state index contributed by atoms with van der Waals surface area (Å²) in [6.45, 7) is 6.80. The Bertz CT molecular complexity index is 1370. The molecule has 1 aliphatic heterocycles. The maximum Gasteiger partial charge on any atom is 0.344 e. The maximum atomic E-state index is 15.2. The van der Waals surface area contributed by atoms with E-state index in [2.05, 4.69) is 10.6 Å². The number of hydrogen-bond acceptors (Lipinski definition) is 7. The minimum Gasteiger partial charge on any atom is -0.452 e. The summed E-state index contributed by atoms with van der Waals surface area (Å²) < 4.78 is 21.9. The zero-order valence-electron chi connectivity index (χ0n) is 23.1. The van der Waals surface area contributed by atoms with Gasteiger partial charge in [-0.15, -0.1) is 0 Å². The quantitative estimate of drug-likeness (QED) is 0.522. The highest BCUT2D eigenvalue weighted by atomic mass is 19.1. The van der Waals surface area contributed by atoms with Crippen LogP contribution in [-0.4, -0.2) is 72.1 Å². The Kier molecular flexibility index (Phi) is 9.06. The average Bonchev–Trinajstić information content (AvgIpc) is 2.93. The molecule has 4 rings (SSSR count). The van der Waals surface area contributed by atoms with E-state index < -0.39 is 35.8 Å². The molecule has 216 valence electrons. The molecule has 2 heterocycles. The molecule has 1 saturated carbocycles. The number of ether oxygens (including phenoxy) is 1. The number of benzene rings is 1. The molecule has 40 heavy (non-hydrogen) atoms. The number of carbonyl (C=O) groups excluding carboxylic acids is 4. The second-order valence-corrected chi connectivity index (χ2v) is 10.4. The first kappa shape index (κ1) is 29.0. The highest BCUT2D eigenvalue weighted by Crippen LogP contribution is 2.27. The second-order valence-electron chi connectivity index (χ2n) is 10.4. The Labute approximate surface area is 231 Å². The van der Waals surface area contributed by atoms with Crippen molar-refractivity contribution in [2.75, 3.05) is 37.7 Å². The number of nitrogens with zero attached hydrogens (tertiary/aromatic N) is 3. The van der Waals surface area contributed by atoms with Crippen molar-refractivity contribution in [1.82, 2.24) is 20.1 Å². The third kappa shape index (κ3) is 6.43. The van der Waals surface area contributed by atoms with Crippen LogP contribution >= 0.6 is 0 Å². The Morgan fingerprint density at radius 1 is 1.07 bits per heavy atom. The number of nitrogens with one attached hydrogen (secondary N) is 2. The number of aromatic nitrogens is 1. The molecule has 2 aliphatic rings. The van der Waals surface area contributed by atoms with Gasteiger partial charge in [-0.3, -0.25) is 19.7 Å². The second kappa shape index (κ2) is 12.5. The first-order valence-corrected chi connectivity index (χ1v) is 13.7. The van der Waals surface area contributed by atoms with Gasteiger partial charge in [-0.05, 0) is 37.8 Å². The van der Waals surface area contributed by atoms with Crippen LogP contribution in [0, 0.1) is 11.7 Å². The SMILES string of the molecule is CCn1cc(C(=O)OCC(=O)NC(=O)N[C@H]2CCCC[C@@H]2C)c(=O)c2cc(F)c(N3CCN(C(C)=O)CC3)cc21. The van der Waals surface area contributed by atoms with Crippen LogP contribution in [0.3, 0.4) is 0 Å². The zero-order chi connectivity index (χ0) is 29.0. The van der Waals surface area contributed by atoms with Crippen molar-refractivity contribution in [3.8, 4) is 0 Å². The monoisotopic (exact) mass is 557 g/mol. The molecule has 4 amide bonds. The van der Waals surface area contributed by atoms with Crippen LogP contribution in [0.5, 0.6) is 0 Å². The van der Waals surface area contributed by atoms with Gasteiger partial charge in [0.25, 0.3) is 5.91 Å². The number of aryl methyl sites for hydroxylation is 1. The van der Waals surface area contributed by atoms with Crippen LogP contribution in [0.25, 0.3) is 10.9 Å². The lowest BCUT2D eigenvalue weighted by Crippen LogP contribution is -2.48. The number of fused-ring (bicyclic) bond motifs is 1. The summed E-state index contributed by atoms with van der Waals surface area (Å²) in [5.74, 6) is -2.22. The first-order chi connectivity index (χ1) is 19.1. The summed E-state index contributed by atoms with van der Waals surface area (Å²) in [5.41, 5.74) is -0.308. The molecular formula is C28H36FN5O6. The molecule has 2 aromatic rings. The topological polar surface area (TPSA) is 130 Å². The number of pyridine rings is 1. The van der Waals surface area contributed by atoms with Crippen LogP contribution in [-0.2, 0) is 20.9 Å². The van der Waals surface area contributed by atoms with Gasteiger partial charge in [0, 0.05) is 57.3 Å². The van der Waals surface area contributed by atoms with Gasteiger partial charge in [0.1, 0.15) is 11.4 Å². The van der Waals surface area contributed by atoms with Crippen molar-refractivity contribution in [3.05, 3.63) is 39.9 Å². The fraction of sp³-hybridized carbons (Fsp3) is 0.536. The van der Waals surface area contributed by atoms with E-state index in [-0.39, 0.29) is 22.9 Å². The van der Waals surface area contributed by atoms with Crippen molar-refractivity contribution < 1.29 is 28.3 Å². The summed E-state index contributed by atoms with van der Waals surface area (Å²) in [6.07, 6.45) is 5.28. The minimum atomic E-state index is -1.05. The first-order valence-electron chi connectivity index (χ1n) is 13.7. The number of imide groups is 1. The van der Waals surface area contributed by atoms with Gasteiger partial charge >= 0.3 is 12.0 Å². The fourth-order valence-electron chi connectivity index (χ4n) is 5.42. The zero-order valence-corrected chi connectivity index (χ0v) is 23.1. The van der Waals surface area contributed by atoms with Crippen LogP contribution in [0.4, 0.5) is 14.9 Å². The van der Waals surface area contributed by atoms with Crippen molar-refractivity contribution in [3.63, 3.8) is 0 Å². The van der Waals surface area contributed by atoms with Crippen molar-refractivity contribution in [2.24, 2.45) is 5.92 Å². The number of urea groups is 1.